The molecule has 1 unspecified atom stereocenters. The van der Waals surface area contributed by atoms with Gasteiger partial charge in [0.15, 0.2) is 0 Å². The fraction of sp³-hybridized carbons (Fsp3) is 0.381. The lowest BCUT2D eigenvalue weighted by Gasteiger charge is -2.31. The van der Waals surface area contributed by atoms with Crippen molar-refractivity contribution in [2.45, 2.75) is 24.2 Å². The minimum absolute atomic E-state index is 0.144. The zero-order valence-electron chi connectivity index (χ0n) is 16.6. The number of nitrogens with zero attached hydrogens (tertiary/aromatic N) is 1. The van der Waals surface area contributed by atoms with Crippen molar-refractivity contribution in [3.63, 3.8) is 0 Å². The van der Waals surface area contributed by atoms with E-state index >= 15 is 0 Å². The molecule has 1 atom stereocenters. The third-order valence-electron chi connectivity index (χ3n) is 5.16. The molecule has 0 spiro atoms. The molecule has 0 aliphatic carbocycles. The van der Waals surface area contributed by atoms with Crippen LogP contribution in [-0.4, -0.2) is 45.4 Å². The predicted molar refractivity (Wildman–Crippen MR) is 118 cm³/mol. The Morgan fingerprint density at radius 2 is 1.93 bits per heavy atom. The van der Waals surface area contributed by atoms with Crippen molar-refractivity contribution in [3.05, 3.63) is 58.1 Å². The van der Waals surface area contributed by atoms with E-state index < -0.39 is 10.0 Å². The summed E-state index contributed by atoms with van der Waals surface area (Å²) < 4.78 is 32.4. The van der Waals surface area contributed by atoms with Gasteiger partial charge in [0.2, 0.25) is 15.9 Å². The van der Waals surface area contributed by atoms with Gasteiger partial charge in [0.25, 0.3) is 0 Å². The second-order valence-electron chi connectivity index (χ2n) is 7.15. The predicted octanol–water partition coefficient (Wildman–Crippen LogP) is 3.76. The molecule has 1 fully saturated rings. The molecule has 9 heteroatoms. The number of sulfonamides is 1. The summed E-state index contributed by atoms with van der Waals surface area (Å²) in [6.45, 7) is 0.988. The zero-order valence-corrected chi connectivity index (χ0v) is 18.9. The van der Waals surface area contributed by atoms with Crippen molar-refractivity contribution >= 4 is 39.1 Å². The molecular formula is C21H24Cl2N2O4S. The van der Waals surface area contributed by atoms with Crippen LogP contribution in [0.5, 0.6) is 5.75 Å². The van der Waals surface area contributed by atoms with E-state index in [1.165, 1.54) is 23.5 Å². The van der Waals surface area contributed by atoms with E-state index in [9.17, 15) is 13.2 Å². The Morgan fingerprint density at radius 3 is 2.60 bits per heavy atom. The molecule has 30 heavy (non-hydrogen) atoms. The standard InChI is InChI=1S/C21H24Cl2N2O4S/c1-29-18-6-8-19(9-7-18)30(27,28)25-12-2-3-16(14-25)21(26)24-11-10-15-4-5-17(22)13-20(15)23/h4-9,13,16H,2-3,10-12,14H2,1H3,(H,24,26). The first-order valence-electron chi connectivity index (χ1n) is 9.67. The van der Waals surface area contributed by atoms with Crippen LogP contribution in [0.25, 0.3) is 0 Å². The fourth-order valence-corrected chi connectivity index (χ4v) is 5.49. The molecule has 0 aromatic heterocycles. The lowest BCUT2D eigenvalue weighted by molar-refractivity contribution is -0.126. The maximum Gasteiger partial charge on any atom is 0.243 e. The summed E-state index contributed by atoms with van der Waals surface area (Å²) in [5, 5.41) is 4.03. The summed E-state index contributed by atoms with van der Waals surface area (Å²) in [5.74, 6) is 0.0628. The lowest BCUT2D eigenvalue weighted by atomic mass is 9.99. The number of carbonyl (C=O) groups excluding carboxylic acids is 1. The van der Waals surface area contributed by atoms with Gasteiger partial charge in [-0.05, 0) is 61.2 Å². The highest BCUT2D eigenvalue weighted by atomic mass is 35.5. The van der Waals surface area contributed by atoms with Crippen molar-refractivity contribution in [3.8, 4) is 5.75 Å². The van der Waals surface area contributed by atoms with Crippen LogP contribution in [0.2, 0.25) is 10.0 Å². The Balaban J connectivity index is 1.58. The van der Waals surface area contributed by atoms with Crippen molar-refractivity contribution in [1.82, 2.24) is 9.62 Å². The second kappa shape index (κ2) is 10.0. The zero-order chi connectivity index (χ0) is 21.7. The van der Waals surface area contributed by atoms with E-state index in [0.717, 1.165) is 5.56 Å². The van der Waals surface area contributed by atoms with Crippen LogP contribution in [-0.2, 0) is 21.2 Å². The number of ether oxygens (including phenoxy) is 1. The van der Waals surface area contributed by atoms with Gasteiger partial charge in [-0.2, -0.15) is 4.31 Å². The molecule has 6 nitrogen and oxygen atoms in total. The van der Waals surface area contributed by atoms with Crippen molar-refractivity contribution < 1.29 is 17.9 Å². The number of piperidine rings is 1. The van der Waals surface area contributed by atoms with Crippen LogP contribution in [0.15, 0.2) is 47.4 Å². The molecule has 1 N–H and O–H groups in total. The monoisotopic (exact) mass is 470 g/mol. The highest BCUT2D eigenvalue weighted by molar-refractivity contribution is 7.89. The van der Waals surface area contributed by atoms with E-state index in [1.54, 1.807) is 24.3 Å². The molecule has 162 valence electrons. The van der Waals surface area contributed by atoms with Crippen LogP contribution in [0.1, 0.15) is 18.4 Å². The number of hydrogen-bond donors (Lipinski definition) is 1. The van der Waals surface area contributed by atoms with Gasteiger partial charge in [-0.15, -0.1) is 0 Å². The third-order valence-corrected chi connectivity index (χ3v) is 7.63. The summed E-state index contributed by atoms with van der Waals surface area (Å²) in [7, 11) is -2.13. The maximum atomic E-state index is 12.9. The van der Waals surface area contributed by atoms with Gasteiger partial charge in [-0.1, -0.05) is 29.3 Å². The SMILES string of the molecule is COc1ccc(S(=O)(=O)N2CCCC(C(=O)NCCc3ccc(Cl)cc3Cl)C2)cc1. The first kappa shape index (κ1) is 22.9. The van der Waals surface area contributed by atoms with Gasteiger partial charge >= 0.3 is 0 Å². The van der Waals surface area contributed by atoms with Gasteiger partial charge in [-0.3, -0.25) is 4.79 Å². The lowest BCUT2D eigenvalue weighted by Crippen LogP contribution is -2.45. The van der Waals surface area contributed by atoms with Crippen molar-refractivity contribution in [1.29, 1.82) is 0 Å². The van der Waals surface area contributed by atoms with E-state index in [2.05, 4.69) is 5.32 Å². The van der Waals surface area contributed by atoms with Gasteiger partial charge in [-0.25, -0.2) is 8.42 Å². The van der Waals surface area contributed by atoms with Crippen LogP contribution in [0.3, 0.4) is 0 Å². The highest BCUT2D eigenvalue weighted by Crippen LogP contribution is 2.25. The number of halogens is 2. The first-order valence-corrected chi connectivity index (χ1v) is 11.9. The summed E-state index contributed by atoms with van der Waals surface area (Å²) in [6.07, 6.45) is 1.86. The minimum atomic E-state index is -3.66. The van der Waals surface area contributed by atoms with Gasteiger partial charge < -0.3 is 10.1 Å². The number of nitrogens with one attached hydrogen (secondary N) is 1. The largest absolute Gasteiger partial charge is 0.497 e. The van der Waals surface area contributed by atoms with Gasteiger partial charge in [0.05, 0.1) is 17.9 Å². The number of methoxy groups -OCH3 is 1. The smallest absolute Gasteiger partial charge is 0.243 e. The topological polar surface area (TPSA) is 75.7 Å². The fourth-order valence-electron chi connectivity index (χ4n) is 3.46. The molecular weight excluding hydrogens is 447 g/mol. The summed E-state index contributed by atoms with van der Waals surface area (Å²) >= 11 is 12.1. The average Bonchev–Trinajstić information content (AvgIpc) is 2.75. The maximum absolute atomic E-state index is 12.9. The van der Waals surface area contributed by atoms with E-state index in [4.69, 9.17) is 27.9 Å². The van der Waals surface area contributed by atoms with Gasteiger partial charge in [0, 0.05) is 29.7 Å². The molecule has 1 saturated heterocycles. The van der Waals surface area contributed by atoms with Crippen molar-refractivity contribution in [2.75, 3.05) is 26.7 Å². The molecule has 1 amide bonds. The summed E-state index contributed by atoms with van der Waals surface area (Å²) in [6, 6.07) is 11.5. The van der Waals surface area contributed by atoms with Crippen molar-refractivity contribution in [2.24, 2.45) is 5.92 Å². The molecule has 1 aliphatic heterocycles. The number of benzene rings is 2. The number of rotatable bonds is 7. The normalized spacial score (nSPS) is 17.5. The summed E-state index contributed by atoms with van der Waals surface area (Å²) in [4.78, 5) is 12.8. The molecule has 2 aromatic rings. The first-order chi connectivity index (χ1) is 14.3. The number of amides is 1. The van der Waals surface area contributed by atoms with Crippen LogP contribution < -0.4 is 10.1 Å². The Hall–Kier alpha value is -1.80. The number of carbonyl (C=O) groups is 1. The molecule has 1 heterocycles. The molecule has 0 saturated carbocycles. The molecule has 2 aromatic carbocycles. The second-order valence-corrected chi connectivity index (χ2v) is 9.94. The average molecular weight is 471 g/mol. The highest BCUT2D eigenvalue weighted by Gasteiger charge is 2.33. The van der Waals surface area contributed by atoms with Crippen LogP contribution in [0.4, 0.5) is 0 Å². The summed E-state index contributed by atoms with van der Waals surface area (Å²) in [5.41, 5.74) is 0.897. The quantitative estimate of drug-likeness (QED) is 0.668. The van der Waals surface area contributed by atoms with Crippen LogP contribution in [0, 0.1) is 5.92 Å². The Kier molecular flexibility index (Phi) is 7.63. The third kappa shape index (κ3) is 5.46. The Morgan fingerprint density at radius 1 is 1.20 bits per heavy atom. The Labute approximate surface area is 187 Å². The van der Waals surface area contributed by atoms with E-state index in [-0.39, 0.29) is 23.3 Å². The van der Waals surface area contributed by atoms with E-state index in [0.29, 0.717) is 48.1 Å². The minimum Gasteiger partial charge on any atom is -0.497 e. The molecule has 0 bridgehead atoms. The molecule has 1 aliphatic rings. The molecule has 0 radical (unpaired) electrons. The Bertz CT molecular complexity index is 997. The van der Waals surface area contributed by atoms with E-state index in [1.807, 2.05) is 6.07 Å². The molecule has 3 rings (SSSR count). The van der Waals surface area contributed by atoms with Crippen LogP contribution >= 0.6 is 23.2 Å². The van der Waals surface area contributed by atoms with Gasteiger partial charge in [0.1, 0.15) is 5.75 Å². The number of hydrogen-bond acceptors (Lipinski definition) is 4.